The summed E-state index contributed by atoms with van der Waals surface area (Å²) >= 11 is 0. The molecule has 0 bridgehead atoms. The molecule has 0 saturated carbocycles. The lowest BCUT2D eigenvalue weighted by Gasteiger charge is -2.18. The number of ether oxygens (including phenoxy) is 3. The van der Waals surface area contributed by atoms with E-state index in [2.05, 4.69) is 32.9 Å². The summed E-state index contributed by atoms with van der Waals surface area (Å²) in [5.74, 6) is -0.837. The van der Waals surface area contributed by atoms with Gasteiger partial charge in [-0.3, -0.25) is 14.4 Å². The van der Waals surface area contributed by atoms with E-state index in [1.165, 1.54) is 321 Å². The van der Waals surface area contributed by atoms with Crippen molar-refractivity contribution in [3.63, 3.8) is 0 Å². The Morgan fingerprint density at radius 2 is 0.418 bits per heavy atom. The first-order valence-corrected chi connectivity index (χ1v) is 36.2. The zero-order valence-electron chi connectivity index (χ0n) is 53.9. The summed E-state index contributed by atoms with van der Waals surface area (Å²) in [7, 11) is 0. The molecule has 0 aliphatic carbocycles. The zero-order chi connectivity index (χ0) is 57.1. The molecule has 468 valence electrons. The third-order valence-corrected chi connectivity index (χ3v) is 16.8. The number of allylic oxidation sites excluding steroid dienone is 2. The van der Waals surface area contributed by atoms with Crippen molar-refractivity contribution >= 4 is 17.9 Å². The minimum absolute atomic E-state index is 0.0638. The summed E-state index contributed by atoms with van der Waals surface area (Å²) in [5, 5.41) is 0. The molecule has 6 heteroatoms. The number of hydrogen-bond donors (Lipinski definition) is 0. The second kappa shape index (κ2) is 68.6. The van der Waals surface area contributed by atoms with E-state index < -0.39 is 6.10 Å². The van der Waals surface area contributed by atoms with E-state index in [4.69, 9.17) is 14.2 Å². The van der Waals surface area contributed by atoms with E-state index in [-0.39, 0.29) is 31.1 Å². The van der Waals surface area contributed by atoms with E-state index in [1.54, 1.807) is 0 Å². The first kappa shape index (κ1) is 77.2. The van der Waals surface area contributed by atoms with Crippen LogP contribution in [0.4, 0.5) is 0 Å². The summed E-state index contributed by atoms with van der Waals surface area (Å²) in [6.07, 6.45) is 82.8. The van der Waals surface area contributed by atoms with E-state index >= 15 is 0 Å². The molecule has 1 unspecified atom stereocenters. The highest BCUT2D eigenvalue weighted by molar-refractivity contribution is 5.71. The average molecular weight is 1110 g/mol. The molecule has 0 amide bonds. The maximum Gasteiger partial charge on any atom is 0.306 e. The van der Waals surface area contributed by atoms with Crippen molar-refractivity contribution in [2.45, 2.75) is 425 Å². The highest BCUT2D eigenvalue weighted by atomic mass is 16.6. The van der Waals surface area contributed by atoms with E-state index in [0.717, 1.165) is 57.8 Å². The lowest BCUT2D eigenvalue weighted by molar-refractivity contribution is -0.167. The average Bonchev–Trinajstić information content (AvgIpc) is 3.45. The van der Waals surface area contributed by atoms with Crippen LogP contribution in [0.25, 0.3) is 0 Å². The van der Waals surface area contributed by atoms with Crippen molar-refractivity contribution in [1.29, 1.82) is 0 Å². The summed E-state index contributed by atoms with van der Waals surface area (Å²) in [5.41, 5.74) is 0. The van der Waals surface area contributed by atoms with Gasteiger partial charge in [0.25, 0.3) is 0 Å². The van der Waals surface area contributed by atoms with Crippen LogP contribution in [0.15, 0.2) is 12.2 Å². The number of unbranched alkanes of at least 4 members (excludes halogenated alkanes) is 55. The summed E-state index contributed by atoms with van der Waals surface area (Å²) in [6.45, 7) is 6.69. The number of rotatable bonds is 68. The van der Waals surface area contributed by atoms with Crippen molar-refractivity contribution in [1.82, 2.24) is 0 Å². The van der Waals surface area contributed by atoms with Gasteiger partial charge in [0.05, 0.1) is 0 Å². The monoisotopic (exact) mass is 1110 g/mol. The molecule has 0 heterocycles. The smallest absolute Gasteiger partial charge is 0.306 e. The van der Waals surface area contributed by atoms with Crippen LogP contribution in [0.3, 0.4) is 0 Å². The number of carbonyl (C=O) groups excluding carboxylic acids is 3. The molecule has 0 rings (SSSR count). The summed E-state index contributed by atoms with van der Waals surface area (Å²) in [4.78, 5) is 38.2. The van der Waals surface area contributed by atoms with Crippen LogP contribution in [-0.2, 0) is 28.6 Å². The van der Waals surface area contributed by atoms with Crippen molar-refractivity contribution in [2.24, 2.45) is 0 Å². The van der Waals surface area contributed by atoms with Gasteiger partial charge in [-0.1, -0.05) is 367 Å². The minimum atomic E-state index is -0.765. The van der Waals surface area contributed by atoms with Gasteiger partial charge in [0, 0.05) is 19.3 Å². The Morgan fingerprint density at radius 1 is 0.241 bits per heavy atom. The first-order chi connectivity index (χ1) is 39.0. The normalized spacial score (nSPS) is 12.0. The molecule has 79 heavy (non-hydrogen) atoms. The van der Waals surface area contributed by atoms with Crippen LogP contribution in [0.5, 0.6) is 0 Å². The van der Waals surface area contributed by atoms with Gasteiger partial charge in [0.2, 0.25) is 0 Å². The number of hydrogen-bond acceptors (Lipinski definition) is 6. The Labute approximate surface area is 494 Å². The number of carbonyl (C=O) groups is 3. The second-order valence-corrected chi connectivity index (χ2v) is 24.9. The molecule has 1 atom stereocenters. The Kier molecular flexibility index (Phi) is 67.0. The molecule has 6 nitrogen and oxygen atoms in total. The molecule has 0 saturated heterocycles. The highest BCUT2D eigenvalue weighted by Crippen LogP contribution is 2.19. The van der Waals surface area contributed by atoms with Crippen molar-refractivity contribution in [2.75, 3.05) is 13.2 Å². The maximum atomic E-state index is 12.9. The SMILES string of the molecule is CCCCCCCCCC/C=C\CCCCCCCCCCCCCC(=O)OC(COC(=O)CCCCCCCCCC)COC(=O)CCCCCCCCCCCCCCCCCCCCCCCCCCCCCCCC. The fourth-order valence-electron chi connectivity index (χ4n) is 11.3. The molecular weight excluding hydrogens is 973 g/mol. The lowest BCUT2D eigenvalue weighted by Crippen LogP contribution is -2.30. The van der Waals surface area contributed by atoms with Crippen LogP contribution in [0.1, 0.15) is 419 Å². The molecule has 0 fully saturated rings. The Bertz CT molecular complexity index is 1230. The van der Waals surface area contributed by atoms with Crippen LogP contribution in [0, 0.1) is 0 Å². The van der Waals surface area contributed by atoms with Gasteiger partial charge in [-0.25, -0.2) is 0 Å². The Balaban J connectivity index is 4.01. The summed E-state index contributed by atoms with van der Waals surface area (Å²) < 4.78 is 16.9. The van der Waals surface area contributed by atoms with E-state index in [9.17, 15) is 14.4 Å². The van der Waals surface area contributed by atoms with E-state index in [1.807, 2.05) is 0 Å². The maximum absolute atomic E-state index is 12.9. The van der Waals surface area contributed by atoms with Crippen molar-refractivity contribution in [3.05, 3.63) is 12.2 Å². The molecular formula is C73H140O6. The molecule has 0 spiro atoms. The molecule has 0 aromatic carbocycles. The van der Waals surface area contributed by atoms with Gasteiger partial charge in [0.15, 0.2) is 6.10 Å². The predicted molar refractivity (Wildman–Crippen MR) is 344 cm³/mol. The van der Waals surface area contributed by atoms with Gasteiger partial charge in [-0.15, -0.1) is 0 Å². The first-order valence-electron chi connectivity index (χ1n) is 36.2. The Morgan fingerprint density at radius 3 is 0.633 bits per heavy atom. The van der Waals surface area contributed by atoms with Crippen LogP contribution < -0.4 is 0 Å². The molecule has 0 N–H and O–H groups in total. The van der Waals surface area contributed by atoms with Gasteiger partial charge >= 0.3 is 17.9 Å². The third kappa shape index (κ3) is 66.8. The van der Waals surface area contributed by atoms with Crippen LogP contribution in [0.2, 0.25) is 0 Å². The fraction of sp³-hybridized carbons (Fsp3) is 0.932. The van der Waals surface area contributed by atoms with Crippen LogP contribution in [-0.4, -0.2) is 37.2 Å². The molecule has 0 aliphatic rings. The van der Waals surface area contributed by atoms with Crippen LogP contribution >= 0.6 is 0 Å². The summed E-state index contributed by atoms with van der Waals surface area (Å²) in [6, 6.07) is 0. The predicted octanol–water partition coefficient (Wildman–Crippen LogP) is 24.8. The van der Waals surface area contributed by atoms with Gasteiger partial charge in [-0.05, 0) is 44.9 Å². The molecule has 0 aliphatic heterocycles. The second-order valence-electron chi connectivity index (χ2n) is 24.9. The highest BCUT2D eigenvalue weighted by Gasteiger charge is 2.19. The topological polar surface area (TPSA) is 78.9 Å². The van der Waals surface area contributed by atoms with Gasteiger partial charge in [-0.2, -0.15) is 0 Å². The lowest BCUT2D eigenvalue weighted by atomic mass is 10.0. The molecule has 0 aromatic rings. The van der Waals surface area contributed by atoms with Crippen molar-refractivity contribution < 1.29 is 28.6 Å². The fourth-order valence-corrected chi connectivity index (χ4v) is 11.3. The van der Waals surface area contributed by atoms with Gasteiger partial charge < -0.3 is 14.2 Å². The molecule has 0 aromatic heterocycles. The van der Waals surface area contributed by atoms with Gasteiger partial charge in [0.1, 0.15) is 13.2 Å². The quantitative estimate of drug-likeness (QED) is 0.0261. The number of esters is 3. The molecule has 0 radical (unpaired) electrons. The third-order valence-electron chi connectivity index (χ3n) is 16.8. The Hall–Kier alpha value is -1.85. The standard InChI is InChI=1S/C73H140O6/c1-4-7-10-13-16-19-21-23-25-27-29-31-33-34-35-36-37-38-39-41-42-44-46-48-50-52-54-57-60-63-66-72(75)78-69-70(68-77-71(74)65-62-59-56-18-15-12-9-6-3)79-73(76)67-64-61-58-55-53-51-49-47-45-43-40-32-30-28-26-24-22-20-17-14-11-8-5-2/h28,30,70H,4-27,29,31-69H2,1-3H3/b30-28-. The zero-order valence-corrected chi connectivity index (χ0v) is 53.9. The van der Waals surface area contributed by atoms with E-state index in [0.29, 0.717) is 19.3 Å². The largest absolute Gasteiger partial charge is 0.462 e. The van der Waals surface area contributed by atoms with Crippen molar-refractivity contribution in [3.8, 4) is 0 Å². The minimum Gasteiger partial charge on any atom is -0.462 e.